The molecule has 10 nitrogen and oxygen atoms in total. The van der Waals surface area contributed by atoms with Crippen molar-refractivity contribution < 1.29 is 41.8 Å². The molecular weight excluding hydrogens is 586 g/mol. The third kappa shape index (κ3) is 9.77. The summed E-state index contributed by atoms with van der Waals surface area (Å²) < 4.78 is 44.2. The average molecular weight is 632 g/mol. The zero-order valence-corrected chi connectivity index (χ0v) is 27.3. The predicted molar refractivity (Wildman–Crippen MR) is 166 cm³/mol. The highest BCUT2D eigenvalue weighted by Gasteiger charge is 2.48. The SMILES string of the molecule is CCCC[C@H](NC(=O)[C@H](Cc1cccc2ccccc12)CS(=O)(=O)C1CCC(OC(C)=O)C1OC(C)=O)C(=O)OC(C)(C)C. The first-order valence-corrected chi connectivity index (χ1v) is 16.9. The molecule has 1 saturated carbocycles. The second kappa shape index (κ2) is 15.0. The Kier molecular flexibility index (Phi) is 11.9. The van der Waals surface area contributed by atoms with Crippen molar-refractivity contribution >= 4 is 44.4 Å². The number of hydrogen-bond acceptors (Lipinski definition) is 9. The summed E-state index contributed by atoms with van der Waals surface area (Å²) in [6.45, 7) is 9.55. The summed E-state index contributed by atoms with van der Waals surface area (Å²) in [5, 5.41) is 3.46. The average Bonchev–Trinajstić information content (AvgIpc) is 3.31. The molecule has 0 saturated heterocycles. The molecule has 1 N–H and O–H groups in total. The van der Waals surface area contributed by atoms with Gasteiger partial charge in [-0.15, -0.1) is 0 Å². The number of ether oxygens (including phenoxy) is 3. The van der Waals surface area contributed by atoms with Crippen molar-refractivity contribution in [2.45, 2.75) is 109 Å². The fourth-order valence-electron chi connectivity index (χ4n) is 5.65. The molecule has 1 aliphatic carbocycles. The molecule has 44 heavy (non-hydrogen) atoms. The first-order chi connectivity index (χ1) is 20.6. The molecule has 3 rings (SSSR count). The second-order valence-corrected chi connectivity index (χ2v) is 14.7. The van der Waals surface area contributed by atoms with E-state index in [9.17, 15) is 27.6 Å². The van der Waals surface area contributed by atoms with Gasteiger partial charge < -0.3 is 19.5 Å². The van der Waals surface area contributed by atoms with Crippen molar-refractivity contribution in [2.75, 3.05) is 5.75 Å². The van der Waals surface area contributed by atoms with Crippen molar-refractivity contribution in [2.24, 2.45) is 5.92 Å². The van der Waals surface area contributed by atoms with E-state index < -0.39 is 74.4 Å². The van der Waals surface area contributed by atoms with Crippen LogP contribution in [0.3, 0.4) is 0 Å². The fourth-order valence-corrected chi connectivity index (χ4v) is 7.86. The van der Waals surface area contributed by atoms with Gasteiger partial charge in [0.2, 0.25) is 5.91 Å². The van der Waals surface area contributed by atoms with E-state index >= 15 is 0 Å². The van der Waals surface area contributed by atoms with Gasteiger partial charge in [0.25, 0.3) is 0 Å². The molecule has 1 amide bonds. The van der Waals surface area contributed by atoms with E-state index in [2.05, 4.69) is 5.32 Å². The van der Waals surface area contributed by atoms with Crippen molar-refractivity contribution in [3.63, 3.8) is 0 Å². The topological polar surface area (TPSA) is 142 Å². The number of carbonyl (C=O) groups is 4. The minimum atomic E-state index is -4.09. The number of hydrogen-bond donors (Lipinski definition) is 1. The van der Waals surface area contributed by atoms with Crippen LogP contribution in [0.1, 0.15) is 79.2 Å². The van der Waals surface area contributed by atoms with E-state index in [1.807, 2.05) is 49.4 Å². The number of unbranched alkanes of at least 4 members (excludes halogenated alkanes) is 1. The number of fused-ring (bicyclic) bond motifs is 1. The van der Waals surface area contributed by atoms with Gasteiger partial charge in [0.05, 0.1) is 11.7 Å². The number of benzene rings is 2. The number of sulfone groups is 1. The molecule has 2 aromatic carbocycles. The molecule has 1 aliphatic rings. The molecule has 3 unspecified atom stereocenters. The van der Waals surface area contributed by atoms with Crippen LogP contribution in [-0.2, 0) is 49.6 Å². The van der Waals surface area contributed by atoms with Gasteiger partial charge in [-0.2, -0.15) is 0 Å². The van der Waals surface area contributed by atoms with Gasteiger partial charge in [-0.3, -0.25) is 14.4 Å². The first kappa shape index (κ1) is 35.0. The number of carbonyl (C=O) groups excluding carboxylic acids is 4. The Labute approximate surface area is 260 Å². The summed E-state index contributed by atoms with van der Waals surface area (Å²) in [4.78, 5) is 50.6. The molecule has 5 atom stereocenters. The molecule has 0 aliphatic heterocycles. The number of nitrogens with one attached hydrogen (secondary N) is 1. The highest BCUT2D eigenvalue weighted by atomic mass is 32.2. The van der Waals surface area contributed by atoms with E-state index in [1.165, 1.54) is 6.92 Å². The molecular formula is C33H45NO9S. The van der Waals surface area contributed by atoms with Crippen molar-refractivity contribution in [3.8, 4) is 0 Å². The molecule has 242 valence electrons. The Morgan fingerprint density at radius 1 is 0.955 bits per heavy atom. The lowest BCUT2D eigenvalue weighted by atomic mass is 9.95. The van der Waals surface area contributed by atoms with Gasteiger partial charge in [0.15, 0.2) is 15.9 Å². The second-order valence-electron chi connectivity index (χ2n) is 12.4. The Bertz CT molecular complexity index is 1440. The van der Waals surface area contributed by atoms with Gasteiger partial charge in [0.1, 0.15) is 23.0 Å². The van der Waals surface area contributed by atoms with Crippen molar-refractivity contribution in [1.82, 2.24) is 5.32 Å². The minimum absolute atomic E-state index is 0.0829. The van der Waals surface area contributed by atoms with Crippen LogP contribution in [-0.4, -0.2) is 67.1 Å². The monoisotopic (exact) mass is 631 g/mol. The van der Waals surface area contributed by atoms with Crippen LogP contribution in [0.15, 0.2) is 42.5 Å². The molecule has 11 heteroatoms. The third-order valence-corrected chi connectivity index (χ3v) is 9.85. The summed E-state index contributed by atoms with van der Waals surface area (Å²) in [6.07, 6.45) is 0.0446. The lowest BCUT2D eigenvalue weighted by Crippen LogP contribution is -2.49. The zero-order valence-electron chi connectivity index (χ0n) is 26.5. The molecule has 0 radical (unpaired) electrons. The van der Waals surface area contributed by atoms with Crippen LogP contribution < -0.4 is 5.32 Å². The van der Waals surface area contributed by atoms with E-state index in [-0.39, 0.29) is 19.3 Å². The maximum atomic E-state index is 14.0. The van der Waals surface area contributed by atoms with E-state index in [4.69, 9.17) is 14.2 Å². The van der Waals surface area contributed by atoms with Crippen LogP contribution in [0.5, 0.6) is 0 Å². The third-order valence-electron chi connectivity index (χ3n) is 7.55. The quantitative estimate of drug-likeness (QED) is 0.251. The van der Waals surface area contributed by atoms with Gasteiger partial charge in [-0.25, -0.2) is 13.2 Å². The maximum absolute atomic E-state index is 14.0. The Morgan fingerprint density at radius 3 is 2.25 bits per heavy atom. The predicted octanol–water partition coefficient (Wildman–Crippen LogP) is 4.46. The minimum Gasteiger partial charge on any atom is -0.459 e. The van der Waals surface area contributed by atoms with Crippen molar-refractivity contribution in [3.05, 3.63) is 48.0 Å². The standard InChI is InChI=1S/C33H45NO9S/c1-7-8-16-27(32(38)43-33(4,5)6)34-31(37)25(19-24-14-11-13-23-12-9-10-15-26(23)24)20-44(39,40)29-18-17-28(41-21(2)35)30(29)42-22(3)36/h9-15,25,27-30H,7-8,16-20H2,1-6H3,(H,34,37)/t25-,27+,28?,29?,30?/m1/s1. The van der Waals surface area contributed by atoms with Crippen LogP contribution in [0.2, 0.25) is 0 Å². The lowest BCUT2D eigenvalue weighted by Gasteiger charge is -2.28. The highest BCUT2D eigenvalue weighted by molar-refractivity contribution is 7.92. The normalized spacial score (nSPS) is 20.0. The van der Waals surface area contributed by atoms with E-state index in [0.717, 1.165) is 29.7 Å². The highest BCUT2D eigenvalue weighted by Crippen LogP contribution is 2.33. The number of amides is 1. The number of rotatable bonds is 13. The maximum Gasteiger partial charge on any atom is 0.329 e. The molecule has 0 bridgehead atoms. The number of esters is 3. The van der Waals surface area contributed by atoms with Crippen LogP contribution in [0.4, 0.5) is 0 Å². The van der Waals surface area contributed by atoms with Gasteiger partial charge >= 0.3 is 17.9 Å². The molecule has 0 heterocycles. The van der Waals surface area contributed by atoms with Gasteiger partial charge in [-0.1, -0.05) is 62.2 Å². The summed E-state index contributed by atoms with van der Waals surface area (Å²) in [7, 11) is -4.09. The van der Waals surface area contributed by atoms with E-state index in [0.29, 0.717) is 12.8 Å². The summed E-state index contributed by atoms with van der Waals surface area (Å²) in [5.74, 6) is -4.13. The summed E-state index contributed by atoms with van der Waals surface area (Å²) >= 11 is 0. The van der Waals surface area contributed by atoms with Crippen molar-refractivity contribution in [1.29, 1.82) is 0 Å². The smallest absolute Gasteiger partial charge is 0.329 e. The van der Waals surface area contributed by atoms with Crippen LogP contribution in [0, 0.1) is 5.92 Å². The summed E-state index contributed by atoms with van der Waals surface area (Å²) in [6, 6.07) is 12.3. The fraction of sp³-hybridized carbons (Fsp3) is 0.576. The molecule has 0 aromatic heterocycles. The molecule has 1 fully saturated rings. The first-order valence-electron chi connectivity index (χ1n) is 15.2. The van der Waals surface area contributed by atoms with Gasteiger partial charge in [-0.05, 0) is 62.8 Å². The Morgan fingerprint density at radius 2 is 1.61 bits per heavy atom. The van der Waals surface area contributed by atoms with Crippen LogP contribution in [0.25, 0.3) is 10.8 Å². The zero-order chi connectivity index (χ0) is 32.7. The largest absolute Gasteiger partial charge is 0.459 e. The summed E-state index contributed by atoms with van der Waals surface area (Å²) in [5.41, 5.74) is 0.00607. The van der Waals surface area contributed by atoms with E-state index in [1.54, 1.807) is 20.8 Å². The Balaban J connectivity index is 1.97. The van der Waals surface area contributed by atoms with Crippen LogP contribution >= 0.6 is 0 Å². The lowest BCUT2D eigenvalue weighted by molar-refractivity contribution is -0.162. The molecule has 2 aromatic rings. The Hall–Kier alpha value is -3.47. The van der Waals surface area contributed by atoms with Gasteiger partial charge in [0, 0.05) is 13.8 Å². The molecule has 0 spiro atoms.